The second-order valence-electron chi connectivity index (χ2n) is 6.86. The van der Waals surface area contributed by atoms with E-state index in [-0.39, 0.29) is 17.7 Å². The fourth-order valence-corrected chi connectivity index (χ4v) is 3.60. The average molecular weight is 350 g/mol. The number of carbonyl (C=O) groups is 2. The summed E-state index contributed by atoms with van der Waals surface area (Å²) in [7, 11) is 0. The van der Waals surface area contributed by atoms with Crippen LogP contribution in [-0.4, -0.2) is 36.3 Å². The van der Waals surface area contributed by atoms with Gasteiger partial charge in [-0.25, -0.2) is 0 Å². The molecule has 2 aromatic rings. The van der Waals surface area contributed by atoms with Crippen LogP contribution in [0.4, 0.5) is 0 Å². The van der Waals surface area contributed by atoms with E-state index in [0.717, 1.165) is 18.5 Å². The van der Waals surface area contributed by atoms with Crippen LogP contribution >= 0.6 is 0 Å². The molecule has 0 radical (unpaired) electrons. The van der Waals surface area contributed by atoms with E-state index < -0.39 is 0 Å². The van der Waals surface area contributed by atoms with Crippen LogP contribution in [-0.2, 0) is 9.59 Å². The molecular formula is C22H26N2O2. The number of amides is 2. The number of nitrogens with one attached hydrogen (secondary N) is 1. The van der Waals surface area contributed by atoms with Gasteiger partial charge in [-0.3, -0.25) is 9.59 Å². The van der Waals surface area contributed by atoms with Crippen molar-refractivity contribution in [3.8, 4) is 0 Å². The minimum atomic E-state index is 0.0220. The molecule has 0 bridgehead atoms. The van der Waals surface area contributed by atoms with Crippen LogP contribution in [0.3, 0.4) is 0 Å². The van der Waals surface area contributed by atoms with Gasteiger partial charge in [0, 0.05) is 38.4 Å². The van der Waals surface area contributed by atoms with Crippen molar-refractivity contribution in [2.24, 2.45) is 0 Å². The summed E-state index contributed by atoms with van der Waals surface area (Å²) in [5.74, 6) is 0.251. The number of rotatable bonds is 7. The third-order valence-corrected chi connectivity index (χ3v) is 5.03. The maximum atomic E-state index is 12.6. The maximum Gasteiger partial charge on any atom is 0.222 e. The summed E-state index contributed by atoms with van der Waals surface area (Å²) in [6.07, 6.45) is 1.97. The lowest BCUT2D eigenvalue weighted by Crippen LogP contribution is -2.36. The predicted molar refractivity (Wildman–Crippen MR) is 103 cm³/mol. The van der Waals surface area contributed by atoms with Gasteiger partial charge < -0.3 is 10.2 Å². The Hall–Kier alpha value is -2.62. The molecule has 1 aliphatic heterocycles. The smallest absolute Gasteiger partial charge is 0.222 e. The van der Waals surface area contributed by atoms with Crippen molar-refractivity contribution in [2.45, 2.75) is 32.1 Å². The largest absolute Gasteiger partial charge is 0.354 e. The third-order valence-electron chi connectivity index (χ3n) is 5.03. The first-order valence-corrected chi connectivity index (χ1v) is 9.30. The van der Waals surface area contributed by atoms with Gasteiger partial charge in [0.2, 0.25) is 11.8 Å². The van der Waals surface area contributed by atoms with E-state index in [1.807, 2.05) is 35.2 Å². The molecule has 1 atom stereocenters. The molecule has 1 fully saturated rings. The van der Waals surface area contributed by atoms with Crippen LogP contribution in [0, 0.1) is 6.92 Å². The molecule has 0 unspecified atom stereocenters. The Morgan fingerprint density at radius 3 is 2.54 bits per heavy atom. The van der Waals surface area contributed by atoms with E-state index in [9.17, 15) is 9.59 Å². The third kappa shape index (κ3) is 4.51. The molecule has 0 spiro atoms. The summed E-state index contributed by atoms with van der Waals surface area (Å²) in [5.41, 5.74) is 3.52. The topological polar surface area (TPSA) is 49.4 Å². The summed E-state index contributed by atoms with van der Waals surface area (Å²) < 4.78 is 0. The summed E-state index contributed by atoms with van der Waals surface area (Å²) in [5, 5.41) is 2.99. The number of benzene rings is 2. The molecule has 0 aliphatic carbocycles. The summed E-state index contributed by atoms with van der Waals surface area (Å²) in [6, 6.07) is 18.4. The van der Waals surface area contributed by atoms with Crippen molar-refractivity contribution >= 4 is 11.8 Å². The minimum absolute atomic E-state index is 0.0220. The summed E-state index contributed by atoms with van der Waals surface area (Å²) in [6.45, 7) is 4.01. The number of aryl methyl sites for hydroxylation is 1. The van der Waals surface area contributed by atoms with Gasteiger partial charge in [0.05, 0.1) is 0 Å². The molecule has 4 nitrogen and oxygen atoms in total. The van der Waals surface area contributed by atoms with Crippen molar-refractivity contribution in [3.05, 3.63) is 71.3 Å². The van der Waals surface area contributed by atoms with E-state index in [0.29, 0.717) is 25.9 Å². The average Bonchev–Trinajstić information content (AvgIpc) is 3.06. The zero-order chi connectivity index (χ0) is 18.4. The predicted octanol–water partition coefficient (Wildman–Crippen LogP) is 3.26. The van der Waals surface area contributed by atoms with Gasteiger partial charge in [0.15, 0.2) is 0 Å². The highest BCUT2D eigenvalue weighted by molar-refractivity contribution is 5.79. The van der Waals surface area contributed by atoms with Crippen LogP contribution in [0.5, 0.6) is 0 Å². The van der Waals surface area contributed by atoms with Crippen LogP contribution in [0.2, 0.25) is 0 Å². The quantitative estimate of drug-likeness (QED) is 0.833. The van der Waals surface area contributed by atoms with Gasteiger partial charge in [0.1, 0.15) is 0 Å². The van der Waals surface area contributed by atoms with Crippen molar-refractivity contribution < 1.29 is 9.59 Å². The lowest BCUT2D eigenvalue weighted by Gasteiger charge is -2.20. The Bertz CT molecular complexity index is 758. The molecule has 1 N–H and O–H groups in total. The highest BCUT2D eigenvalue weighted by Gasteiger charge is 2.21. The van der Waals surface area contributed by atoms with E-state index >= 15 is 0 Å². The molecule has 1 heterocycles. The first-order chi connectivity index (χ1) is 12.6. The van der Waals surface area contributed by atoms with Gasteiger partial charge >= 0.3 is 0 Å². The van der Waals surface area contributed by atoms with Crippen molar-refractivity contribution in [3.63, 3.8) is 0 Å². The van der Waals surface area contributed by atoms with Gasteiger partial charge in [-0.15, -0.1) is 0 Å². The van der Waals surface area contributed by atoms with Crippen LogP contribution < -0.4 is 5.32 Å². The molecule has 0 aromatic heterocycles. The standard InChI is InChI=1S/C22H26N2O2/c1-17-8-5-6-11-19(17)20(18-9-3-2-4-10-18)16-21(25)23-13-15-24-14-7-12-22(24)26/h2-6,8-11,20H,7,12-16H2,1H3,(H,23,25)/t20-/m1/s1. The Morgan fingerprint density at radius 2 is 1.85 bits per heavy atom. The zero-order valence-corrected chi connectivity index (χ0v) is 15.3. The minimum Gasteiger partial charge on any atom is -0.354 e. The van der Waals surface area contributed by atoms with Gasteiger partial charge in [-0.1, -0.05) is 54.6 Å². The highest BCUT2D eigenvalue weighted by Crippen LogP contribution is 2.30. The van der Waals surface area contributed by atoms with Gasteiger partial charge in [-0.2, -0.15) is 0 Å². The second kappa shape index (κ2) is 8.65. The Balaban J connectivity index is 1.65. The van der Waals surface area contributed by atoms with E-state index in [1.54, 1.807) is 0 Å². The monoisotopic (exact) mass is 350 g/mol. The molecule has 3 rings (SSSR count). The molecule has 136 valence electrons. The van der Waals surface area contributed by atoms with E-state index in [1.165, 1.54) is 11.1 Å². The van der Waals surface area contributed by atoms with Crippen molar-refractivity contribution in [2.75, 3.05) is 19.6 Å². The Morgan fingerprint density at radius 1 is 1.12 bits per heavy atom. The van der Waals surface area contributed by atoms with Crippen molar-refractivity contribution in [1.29, 1.82) is 0 Å². The molecule has 1 saturated heterocycles. The molecule has 1 aliphatic rings. The fraction of sp³-hybridized carbons (Fsp3) is 0.364. The Kier molecular flexibility index (Phi) is 6.05. The van der Waals surface area contributed by atoms with Gasteiger partial charge in [-0.05, 0) is 30.0 Å². The molecule has 2 aromatic carbocycles. The number of likely N-dealkylation sites (tertiary alicyclic amines) is 1. The van der Waals surface area contributed by atoms with E-state index in [4.69, 9.17) is 0 Å². The van der Waals surface area contributed by atoms with Crippen LogP contribution in [0.15, 0.2) is 54.6 Å². The normalized spacial score (nSPS) is 15.1. The van der Waals surface area contributed by atoms with Crippen LogP contribution in [0.25, 0.3) is 0 Å². The molecule has 2 amide bonds. The van der Waals surface area contributed by atoms with E-state index in [2.05, 4.69) is 36.5 Å². The molecular weight excluding hydrogens is 324 g/mol. The lowest BCUT2D eigenvalue weighted by atomic mass is 9.86. The van der Waals surface area contributed by atoms with Gasteiger partial charge in [0.25, 0.3) is 0 Å². The molecule has 4 heteroatoms. The number of hydrogen-bond donors (Lipinski definition) is 1. The Labute approximate surface area is 155 Å². The zero-order valence-electron chi connectivity index (χ0n) is 15.3. The first kappa shape index (κ1) is 18.2. The number of hydrogen-bond acceptors (Lipinski definition) is 2. The first-order valence-electron chi connectivity index (χ1n) is 9.30. The fourth-order valence-electron chi connectivity index (χ4n) is 3.60. The molecule has 26 heavy (non-hydrogen) atoms. The summed E-state index contributed by atoms with van der Waals surface area (Å²) >= 11 is 0. The molecule has 0 saturated carbocycles. The maximum absolute atomic E-state index is 12.6. The number of nitrogens with zero attached hydrogens (tertiary/aromatic N) is 1. The van der Waals surface area contributed by atoms with Crippen LogP contribution in [0.1, 0.15) is 41.9 Å². The summed E-state index contributed by atoms with van der Waals surface area (Å²) in [4.78, 5) is 26.0. The van der Waals surface area contributed by atoms with Crippen molar-refractivity contribution in [1.82, 2.24) is 10.2 Å². The number of carbonyl (C=O) groups excluding carboxylic acids is 2. The lowest BCUT2D eigenvalue weighted by molar-refractivity contribution is -0.128. The second-order valence-corrected chi connectivity index (χ2v) is 6.86. The SMILES string of the molecule is Cc1ccccc1[C@H](CC(=O)NCCN1CCCC1=O)c1ccccc1. The highest BCUT2D eigenvalue weighted by atomic mass is 16.2.